The van der Waals surface area contributed by atoms with Gasteiger partial charge in [0.15, 0.2) is 0 Å². The molecule has 1 atom stereocenters. The first kappa shape index (κ1) is 15.4. The molecule has 0 saturated carbocycles. The minimum Gasteiger partial charge on any atom is -0.444 e. The SMILES string of the molecule is CC(C)(C)OC(=O)N[C@H](CO)Cc1cccc(F)c1. The molecule has 1 aromatic carbocycles. The molecule has 5 heteroatoms. The van der Waals surface area contributed by atoms with Crippen molar-refractivity contribution in [2.45, 2.75) is 38.8 Å². The van der Waals surface area contributed by atoms with Crippen LogP contribution in [-0.2, 0) is 11.2 Å². The summed E-state index contributed by atoms with van der Waals surface area (Å²) in [5.41, 5.74) is 0.110. The topological polar surface area (TPSA) is 58.6 Å². The van der Waals surface area contributed by atoms with E-state index in [1.54, 1.807) is 32.9 Å². The second kappa shape index (κ2) is 6.52. The van der Waals surface area contributed by atoms with Crippen LogP contribution in [0, 0.1) is 5.82 Å². The number of nitrogens with one attached hydrogen (secondary N) is 1. The molecule has 4 nitrogen and oxygen atoms in total. The van der Waals surface area contributed by atoms with Crippen molar-refractivity contribution < 1.29 is 19.0 Å². The maximum absolute atomic E-state index is 13.0. The van der Waals surface area contributed by atoms with Gasteiger partial charge < -0.3 is 15.2 Å². The molecule has 0 heterocycles. The average Bonchev–Trinajstić information content (AvgIpc) is 2.25. The molecular formula is C14H20FNO3. The third-order valence-electron chi connectivity index (χ3n) is 2.31. The molecule has 0 aliphatic heterocycles. The van der Waals surface area contributed by atoms with E-state index in [1.165, 1.54) is 12.1 Å². The Bertz CT molecular complexity index is 429. The van der Waals surface area contributed by atoms with E-state index < -0.39 is 17.7 Å². The van der Waals surface area contributed by atoms with Crippen molar-refractivity contribution in [2.24, 2.45) is 0 Å². The largest absolute Gasteiger partial charge is 0.444 e. The van der Waals surface area contributed by atoms with Gasteiger partial charge in [-0.1, -0.05) is 12.1 Å². The van der Waals surface area contributed by atoms with Crippen LogP contribution in [0.15, 0.2) is 24.3 Å². The second-order valence-electron chi connectivity index (χ2n) is 5.36. The number of rotatable bonds is 4. The predicted molar refractivity (Wildman–Crippen MR) is 70.3 cm³/mol. The van der Waals surface area contributed by atoms with Gasteiger partial charge in [0.05, 0.1) is 12.6 Å². The lowest BCUT2D eigenvalue weighted by Crippen LogP contribution is -2.42. The number of aliphatic hydroxyl groups is 1. The van der Waals surface area contributed by atoms with Crippen LogP contribution in [0.25, 0.3) is 0 Å². The molecule has 0 radical (unpaired) electrons. The highest BCUT2D eigenvalue weighted by atomic mass is 19.1. The number of benzene rings is 1. The minimum atomic E-state index is -0.594. The molecule has 0 unspecified atom stereocenters. The van der Waals surface area contributed by atoms with Crippen LogP contribution in [-0.4, -0.2) is 29.4 Å². The first-order valence-corrected chi connectivity index (χ1v) is 6.15. The van der Waals surface area contributed by atoms with Gasteiger partial charge in [-0.3, -0.25) is 0 Å². The molecule has 0 saturated heterocycles. The van der Waals surface area contributed by atoms with Crippen LogP contribution in [0.3, 0.4) is 0 Å². The maximum atomic E-state index is 13.0. The summed E-state index contributed by atoms with van der Waals surface area (Å²) in [5, 5.41) is 11.8. The Balaban J connectivity index is 2.57. The highest BCUT2D eigenvalue weighted by molar-refractivity contribution is 5.68. The zero-order valence-corrected chi connectivity index (χ0v) is 11.4. The Kier molecular flexibility index (Phi) is 5.30. The molecule has 106 valence electrons. The summed E-state index contributed by atoms with van der Waals surface area (Å²) in [7, 11) is 0. The maximum Gasteiger partial charge on any atom is 0.407 e. The van der Waals surface area contributed by atoms with Crippen molar-refractivity contribution >= 4 is 6.09 Å². The number of alkyl carbamates (subject to hydrolysis) is 1. The number of halogens is 1. The van der Waals surface area contributed by atoms with Crippen molar-refractivity contribution in [1.29, 1.82) is 0 Å². The van der Waals surface area contributed by atoms with Crippen LogP contribution < -0.4 is 5.32 Å². The van der Waals surface area contributed by atoms with E-state index in [-0.39, 0.29) is 12.4 Å². The van der Waals surface area contributed by atoms with Crippen LogP contribution in [0.2, 0.25) is 0 Å². The van der Waals surface area contributed by atoms with Gasteiger partial charge in [0, 0.05) is 0 Å². The predicted octanol–water partition coefficient (Wildman–Crippen LogP) is 2.25. The van der Waals surface area contributed by atoms with Gasteiger partial charge in [0.25, 0.3) is 0 Å². The van der Waals surface area contributed by atoms with Gasteiger partial charge in [0.2, 0.25) is 0 Å². The Hall–Kier alpha value is -1.62. The molecule has 1 rings (SSSR count). The molecule has 2 N–H and O–H groups in total. The lowest BCUT2D eigenvalue weighted by molar-refractivity contribution is 0.0483. The normalized spacial score (nSPS) is 12.9. The Morgan fingerprint density at radius 2 is 2.16 bits per heavy atom. The highest BCUT2D eigenvalue weighted by Gasteiger charge is 2.19. The summed E-state index contributed by atoms with van der Waals surface area (Å²) in [4.78, 5) is 11.6. The molecule has 0 bridgehead atoms. The van der Waals surface area contributed by atoms with Gasteiger partial charge in [-0.25, -0.2) is 9.18 Å². The number of hydrogen-bond acceptors (Lipinski definition) is 3. The average molecular weight is 269 g/mol. The summed E-state index contributed by atoms with van der Waals surface area (Å²) in [6, 6.07) is 5.55. The van der Waals surface area contributed by atoms with Crippen molar-refractivity contribution in [3.05, 3.63) is 35.6 Å². The van der Waals surface area contributed by atoms with E-state index in [0.29, 0.717) is 12.0 Å². The second-order valence-corrected chi connectivity index (χ2v) is 5.36. The summed E-state index contributed by atoms with van der Waals surface area (Å²) in [5.74, 6) is -0.341. The summed E-state index contributed by atoms with van der Waals surface area (Å²) in [6.07, 6.45) is -0.254. The first-order valence-electron chi connectivity index (χ1n) is 6.15. The van der Waals surface area contributed by atoms with E-state index in [0.717, 1.165) is 0 Å². The van der Waals surface area contributed by atoms with E-state index in [4.69, 9.17) is 4.74 Å². The third-order valence-corrected chi connectivity index (χ3v) is 2.31. The van der Waals surface area contributed by atoms with Crippen molar-refractivity contribution in [3.8, 4) is 0 Å². The van der Waals surface area contributed by atoms with Crippen LogP contribution in [0.5, 0.6) is 0 Å². The smallest absolute Gasteiger partial charge is 0.407 e. The fraction of sp³-hybridized carbons (Fsp3) is 0.500. The van der Waals surface area contributed by atoms with Crippen molar-refractivity contribution in [2.75, 3.05) is 6.61 Å². The lowest BCUT2D eigenvalue weighted by atomic mass is 10.1. The molecule has 1 amide bonds. The quantitative estimate of drug-likeness (QED) is 0.881. The Morgan fingerprint density at radius 3 is 2.68 bits per heavy atom. The standard InChI is InChI=1S/C14H20FNO3/c1-14(2,3)19-13(18)16-12(9-17)8-10-5-4-6-11(15)7-10/h4-7,12,17H,8-9H2,1-3H3,(H,16,18)/t12-/m0/s1. The van der Waals surface area contributed by atoms with Gasteiger partial charge >= 0.3 is 6.09 Å². The van der Waals surface area contributed by atoms with E-state index in [9.17, 15) is 14.3 Å². The molecule has 0 aromatic heterocycles. The van der Waals surface area contributed by atoms with Crippen molar-refractivity contribution in [3.63, 3.8) is 0 Å². The molecule has 1 aromatic rings. The first-order chi connectivity index (χ1) is 8.80. The fourth-order valence-electron chi connectivity index (χ4n) is 1.58. The number of aliphatic hydroxyl groups excluding tert-OH is 1. The molecule has 0 aliphatic rings. The number of amides is 1. The number of carbonyl (C=O) groups is 1. The molecule has 0 spiro atoms. The molecule has 0 fully saturated rings. The zero-order chi connectivity index (χ0) is 14.5. The Labute approximate surface area is 112 Å². The lowest BCUT2D eigenvalue weighted by Gasteiger charge is -2.22. The summed E-state index contributed by atoms with van der Waals surface area (Å²) in [6.45, 7) is 5.03. The molecule has 19 heavy (non-hydrogen) atoms. The van der Waals surface area contributed by atoms with E-state index in [2.05, 4.69) is 5.32 Å². The zero-order valence-electron chi connectivity index (χ0n) is 11.4. The van der Waals surface area contributed by atoms with Gasteiger partial charge in [-0.15, -0.1) is 0 Å². The van der Waals surface area contributed by atoms with Crippen LogP contribution in [0.4, 0.5) is 9.18 Å². The highest BCUT2D eigenvalue weighted by Crippen LogP contribution is 2.09. The number of carbonyl (C=O) groups excluding carboxylic acids is 1. The van der Waals surface area contributed by atoms with Crippen LogP contribution in [0.1, 0.15) is 26.3 Å². The monoisotopic (exact) mass is 269 g/mol. The van der Waals surface area contributed by atoms with Crippen LogP contribution >= 0.6 is 0 Å². The van der Waals surface area contributed by atoms with Crippen molar-refractivity contribution in [1.82, 2.24) is 5.32 Å². The third kappa shape index (κ3) is 6.20. The van der Waals surface area contributed by atoms with Gasteiger partial charge in [0.1, 0.15) is 11.4 Å². The number of ether oxygens (including phenoxy) is 1. The van der Waals surface area contributed by atoms with Gasteiger partial charge in [-0.05, 0) is 44.9 Å². The fourth-order valence-corrected chi connectivity index (χ4v) is 1.58. The summed E-state index contributed by atoms with van der Waals surface area (Å²) < 4.78 is 18.1. The molecular weight excluding hydrogens is 249 g/mol. The number of hydrogen-bond donors (Lipinski definition) is 2. The Morgan fingerprint density at radius 1 is 1.47 bits per heavy atom. The van der Waals surface area contributed by atoms with Gasteiger partial charge in [-0.2, -0.15) is 0 Å². The van der Waals surface area contributed by atoms with E-state index >= 15 is 0 Å². The minimum absolute atomic E-state index is 0.240. The van der Waals surface area contributed by atoms with E-state index in [1.807, 2.05) is 0 Å². The molecule has 0 aliphatic carbocycles. The summed E-state index contributed by atoms with van der Waals surface area (Å²) >= 11 is 0.